The summed E-state index contributed by atoms with van der Waals surface area (Å²) in [5.41, 5.74) is 4.86. The van der Waals surface area contributed by atoms with Crippen molar-refractivity contribution in [1.82, 2.24) is 0 Å². The second-order valence-corrected chi connectivity index (χ2v) is 8.20. The first-order valence-corrected chi connectivity index (χ1v) is 11.5. The maximum atomic E-state index is 13.6. The van der Waals surface area contributed by atoms with Crippen LogP contribution in [-0.2, 0) is 5.92 Å². The van der Waals surface area contributed by atoms with Gasteiger partial charge in [0.05, 0.1) is 18.0 Å². The summed E-state index contributed by atoms with van der Waals surface area (Å²) >= 11 is 0. The van der Waals surface area contributed by atoms with Crippen molar-refractivity contribution in [3.8, 4) is 0 Å². The van der Waals surface area contributed by atoms with Crippen LogP contribution >= 0.6 is 0 Å². The summed E-state index contributed by atoms with van der Waals surface area (Å²) in [7, 11) is 1.62. The first-order valence-electron chi connectivity index (χ1n) is 11.5. The highest BCUT2D eigenvalue weighted by atomic mass is 19.3. The maximum Gasteiger partial charge on any atom is 0.270 e. The number of aliphatic imine (C=N–C) groups is 3. The van der Waals surface area contributed by atoms with Gasteiger partial charge >= 0.3 is 0 Å². The lowest BCUT2D eigenvalue weighted by atomic mass is 10.0. The second-order valence-electron chi connectivity index (χ2n) is 8.20. The van der Waals surface area contributed by atoms with E-state index < -0.39 is 17.6 Å². The molecule has 7 heteroatoms. The van der Waals surface area contributed by atoms with Crippen molar-refractivity contribution in [2.24, 2.45) is 15.0 Å². The number of benzene rings is 2. The molecule has 36 heavy (non-hydrogen) atoms. The van der Waals surface area contributed by atoms with Gasteiger partial charge in [0, 0.05) is 37.0 Å². The predicted molar refractivity (Wildman–Crippen MR) is 143 cm³/mol. The van der Waals surface area contributed by atoms with Crippen molar-refractivity contribution < 1.29 is 17.6 Å². The van der Waals surface area contributed by atoms with Crippen LogP contribution in [0.4, 0.5) is 17.6 Å². The van der Waals surface area contributed by atoms with Crippen molar-refractivity contribution >= 4 is 28.9 Å². The van der Waals surface area contributed by atoms with Crippen LogP contribution in [0, 0.1) is 11.6 Å². The van der Waals surface area contributed by atoms with E-state index in [4.69, 9.17) is 0 Å². The van der Waals surface area contributed by atoms with Crippen molar-refractivity contribution in [3.63, 3.8) is 0 Å². The molecule has 0 bridgehead atoms. The first kappa shape index (κ1) is 28.6. The minimum atomic E-state index is -2.77. The monoisotopic (exact) mass is 497 g/mol. The van der Waals surface area contributed by atoms with Gasteiger partial charge in [-0.15, -0.1) is 0 Å². The molecule has 3 rings (SSSR count). The fourth-order valence-corrected chi connectivity index (χ4v) is 3.27. The van der Waals surface area contributed by atoms with Crippen molar-refractivity contribution in [3.05, 3.63) is 95.1 Å². The van der Waals surface area contributed by atoms with Gasteiger partial charge in [0.2, 0.25) is 0 Å². The molecule has 190 valence electrons. The zero-order chi connectivity index (χ0) is 26.9. The molecule has 0 unspecified atom stereocenters. The van der Waals surface area contributed by atoms with Gasteiger partial charge in [-0.1, -0.05) is 49.9 Å². The topological polar surface area (TPSA) is 37.1 Å². The van der Waals surface area contributed by atoms with Gasteiger partial charge in [-0.05, 0) is 55.2 Å². The lowest BCUT2D eigenvalue weighted by molar-refractivity contribution is 0.0175. The Morgan fingerprint density at radius 2 is 1.81 bits per heavy atom. The Labute approximate surface area is 210 Å². The molecule has 1 heterocycles. The van der Waals surface area contributed by atoms with Crippen LogP contribution in [0.5, 0.6) is 0 Å². The van der Waals surface area contributed by atoms with Gasteiger partial charge in [-0.25, -0.2) is 22.6 Å². The smallest absolute Gasteiger partial charge is 0.270 e. The van der Waals surface area contributed by atoms with E-state index in [1.165, 1.54) is 24.3 Å². The molecule has 2 aromatic rings. The maximum absolute atomic E-state index is 13.6. The average Bonchev–Trinajstić information content (AvgIpc) is 3.34. The van der Waals surface area contributed by atoms with E-state index in [0.717, 1.165) is 41.8 Å². The molecule has 1 aliphatic heterocycles. The van der Waals surface area contributed by atoms with E-state index >= 15 is 0 Å². The molecule has 1 aliphatic rings. The predicted octanol–water partition coefficient (Wildman–Crippen LogP) is 8.09. The second kappa shape index (κ2) is 12.9. The standard InChI is InChI=1S/C15H16F2N2.C14H15F2N/c1-5-10(2)14(9-18-4)19-11(3)12-7-6-8-13(16)15(12)17;1-3-13-8-11(9-17-13)10-4-6-12(7-5-10)14(2,15)16/h5-9H,3H2,1-2,4H3;4-8H,3,9H2,1-2H3/b10-5-,18-9?,19-14?;. The summed E-state index contributed by atoms with van der Waals surface area (Å²) in [6.45, 7) is 11.0. The normalized spacial score (nSPS) is 14.4. The third-order valence-corrected chi connectivity index (χ3v) is 5.52. The van der Waals surface area contributed by atoms with Gasteiger partial charge in [-0.2, -0.15) is 0 Å². The fraction of sp³-hybridized carbons (Fsp3) is 0.276. The minimum Gasteiger partial charge on any atom is -0.294 e. The van der Waals surface area contributed by atoms with Gasteiger partial charge in [-0.3, -0.25) is 9.98 Å². The summed E-state index contributed by atoms with van der Waals surface area (Å²) in [6.07, 6.45) is 6.36. The molecular weight excluding hydrogens is 466 g/mol. The summed E-state index contributed by atoms with van der Waals surface area (Å²) in [5, 5.41) is 0. The van der Waals surface area contributed by atoms with Gasteiger partial charge in [0.15, 0.2) is 11.6 Å². The van der Waals surface area contributed by atoms with Crippen LogP contribution in [0.2, 0.25) is 0 Å². The Morgan fingerprint density at radius 3 is 2.33 bits per heavy atom. The average molecular weight is 498 g/mol. The Morgan fingerprint density at radius 1 is 1.14 bits per heavy atom. The highest BCUT2D eigenvalue weighted by Gasteiger charge is 2.24. The molecule has 0 radical (unpaired) electrons. The summed E-state index contributed by atoms with van der Waals surface area (Å²) in [5.74, 6) is -4.63. The van der Waals surface area contributed by atoms with Crippen LogP contribution in [0.25, 0.3) is 11.3 Å². The summed E-state index contributed by atoms with van der Waals surface area (Å²) in [4.78, 5) is 12.5. The number of halogens is 4. The van der Waals surface area contributed by atoms with Crippen LogP contribution in [0.3, 0.4) is 0 Å². The molecule has 0 N–H and O–H groups in total. The number of hydrogen-bond acceptors (Lipinski definition) is 3. The molecular formula is C29H31F4N3. The van der Waals surface area contributed by atoms with Gasteiger partial charge in [0.25, 0.3) is 5.92 Å². The number of allylic oxidation sites excluding steroid dienone is 3. The Kier molecular flexibility index (Phi) is 10.3. The lowest BCUT2D eigenvalue weighted by Gasteiger charge is -2.11. The van der Waals surface area contributed by atoms with E-state index in [-0.39, 0.29) is 16.8 Å². The zero-order valence-corrected chi connectivity index (χ0v) is 21.2. The molecule has 0 saturated heterocycles. The molecule has 0 aromatic heterocycles. The quantitative estimate of drug-likeness (QED) is 0.274. The minimum absolute atomic E-state index is 0.0471. The largest absolute Gasteiger partial charge is 0.294 e. The van der Waals surface area contributed by atoms with Crippen molar-refractivity contribution in [1.29, 1.82) is 0 Å². The number of alkyl halides is 2. The van der Waals surface area contributed by atoms with Crippen molar-refractivity contribution in [2.45, 2.75) is 40.0 Å². The SMILES string of the molecule is C=C(N=C(C=NC)/C(C)=C\C)c1cccc(F)c1F.CCC1=NCC(c2ccc(C(C)(F)F)cc2)=C1. The number of nitrogens with zero attached hydrogens (tertiary/aromatic N) is 3. The van der Waals surface area contributed by atoms with Crippen LogP contribution in [-0.4, -0.2) is 31.2 Å². The molecule has 0 saturated carbocycles. The van der Waals surface area contributed by atoms with E-state index in [0.29, 0.717) is 12.3 Å². The highest BCUT2D eigenvalue weighted by Crippen LogP contribution is 2.29. The third-order valence-electron chi connectivity index (χ3n) is 5.52. The lowest BCUT2D eigenvalue weighted by Crippen LogP contribution is -2.06. The van der Waals surface area contributed by atoms with Gasteiger partial charge in [0.1, 0.15) is 0 Å². The third kappa shape index (κ3) is 7.70. The molecule has 3 nitrogen and oxygen atoms in total. The van der Waals surface area contributed by atoms with Crippen LogP contribution in [0.15, 0.2) is 81.7 Å². The highest BCUT2D eigenvalue weighted by molar-refractivity contribution is 6.38. The Bertz CT molecular complexity index is 1230. The molecule has 0 spiro atoms. The Hall–Kier alpha value is -3.61. The molecule has 0 amide bonds. The fourth-order valence-electron chi connectivity index (χ4n) is 3.27. The van der Waals surface area contributed by atoms with E-state index in [1.807, 2.05) is 26.0 Å². The first-order chi connectivity index (χ1) is 17.0. The van der Waals surface area contributed by atoms with Crippen LogP contribution in [0.1, 0.15) is 50.8 Å². The number of hydrogen-bond donors (Lipinski definition) is 0. The van der Waals surface area contributed by atoms with Crippen molar-refractivity contribution in [2.75, 3.05) is 13.6 Å². The summed E-state index contributed by atoms with van der Waals surface area (Å²) < 4.78 is 52.9. The molecule has 0 aliphatic carbocycles. The van der Waals surface area contributed by atoms with E-state index in [1.54, 1.807) is 25.4 Å². The van der Waals surface area contributed by atoms with Crippen LogP contribution < -0.4 is 0 Å². The Balaban J connectivity index is 0.000000255. The summed E-state index contributed by atoms with van der Waals surface area (Å²) in [6, 6.07) is 10.4. The molecule has 0 fully saturated rings. The zero-order valence-electron chi connectivity index (χ0n) is 21.2. The molecule has 2 aromatic carbocycles. The van der Waals surface area contributed by atoms with E-state index in [2.05, 4.69) is 28.5 Å². The molecule has 0 atom stereocenters. The van der Waals surface area contributed by atoms with Gasteiger partial charge < -0.3 is 0 Å². The van der Waals surface area contributed by atoms with E-state index in [9.17, 15) is 17.6 Å². The number of rotatable bonds is 7.